The molecule has 3 aromatic rings. The lowest BCUT2D eigenvalue weighted by molar-refractivity contribution is 0.0985. The van der Waals surface area contributed by atoms with Crippen LogP contribution in [0.4, 0.5) is 11.4 Å². The maximum absolute atomic E-state index is 13.4. The van der Waals surface area contributed by atoms with Crippen LogP contribution in [0, 0.1) is 0 Å². The topological polar surface area (TPSA) is 90.9 Å². The fourth-order valence-electron chi connectivity index (χ4n) is 4.58. The first-order valence-electron chi connectivity index (χ1n) is 13.4. The second kappa shape index (κ2) is 13.2. The minimum absolute atomic E-state index is 0.133. The molecule has 1 aliphatic heterocycles. The number of aliphatic hydroxyl groups excluding tert-OH is 1. The zero-order valence-corrected chi connectivity index (χ0v) is 22.2. The summed E-state index contributed by atoms with van der Waals surface area (Å²) in [5.41, 5.74) is 3.09. The summed E-state index contributed by atoms with van der Waals surface area (Å²) in [6.45, 7) is 6.26. The zero-order chi connectivity index (χ0) is 26.9. The Balaban J connectivity index is 1.38. The molecule has 4 rings (SSSR count). The monoisotopic (exact) mass is 515 g/mol. The van der Waals surface area contributed by atoms with E-state index in [2.05, 4.69) is 24.5 Å². The molecule has 0 saturated carbocycles. The number of benzene rings is 3. The SMILES string of the molecule is CC(C)NCCCCOc1ccccc1C(=O)Nc1ccc(C(=O)N2CCCC(O)c3ccccc32)cc1. The Labute approximate surface area is 224 Å². The Morgan fingerprint density at radius 1 is 1.00 bits per heavy atom. The Bertz CT molecular complexity index is 1230. The minimum Gasteiger partial charge on any atom is -0.493 e. The van der Waals surface area contributed by atoms with Gasteiger partial charge in [-0.25, -0.2) is 0 Å². The molecule has 0 aliphatic carbocycles. The normalized spacial score (nSPS) is 15.1. The molecule has 0 fully saturated rings. The molecule has 3 aromatic carbocycles. The summed E-state index contributed by atoms with van der Waals surface area (Å²) in [6, 6.07) is 22.1. The predicted octanol–water partition coefficient (Wildman–Crippen LogP) is 5.57. The van der Waals surface area contributed by atoms with E-state index in [1.807, 2.05) is 36.4 Å². The Morgan fingerprint density at radius 2 is 1.74 bits per heavy atom. The van der Waals surface area contributed by atoms with Gasteiger partial charge in [-0.15, -0.1) is 0 Å². The number of nitrogens with zero attached hydrogens (tertiary/aromatic N) is 1. The summed E-state index contributed by atoms with van der Waals surface area (Å²) in [6.07, 6.45) is 2.65. The molecular weight excluding hydrogens is 478 g/mol. The minimum atomic E-state index is -0.574. The third-order valence-corrected chi connectivity index (χ3v) is 6.59. The molecule has 1 atom stereocenters. The van der Waals surface area contributed by atoms with Gasteiger partial charge in [-0.2, -0.15) is 0 Å². The molecule has 38 heavy (non-hydrogen) atoms. The first-order chi connectivity index (χ1) is 18.4. The Kier molecular flexibility index (Phi) is 9.51. The van der Waals surface area contributed by atoms with Crippen LogP contribution in [-0.4, -0.2) is 42.7 Å². The van der Waals surface area contributed by atoms with E-state index in [0.29, 0.717) is 54.6 Å². The van der Waals surface area contributed by atoms with Crippen LogP contribution in [0.3, 0.4) is 0 Å². The molecule has 7 nitrogen and oxygen atoms in total. The van der Waals surface area contributed by atoms with Crippen molar-refractivity contribution in [3.05, 3.63) is 89.5 Å². The van der Waals surface area contributed by atoms with Crippen molar-refractivity contribution in [2.75, 3.05) is 29.9 Å². The highest BCUT2D eigenvalue weighted by molar-refractivity contribution is 6.08. The van der Waals surface area contributed by atoms with Gasteiger partial charge in [-0.3, -0.25) is 9.59 Å². The van der Waals surface area contributed by atoms with Gasteiger partial charge in [0.25, 0.3) is 11.8 Å². The van der Waals surface area contributed by atoms with Crippen molar-refractivity contribution in [3.8, 4) is 5.75 Å². The number of nitrogens with one attached hydrogen (secondary N) is 2. The highest BCUT2D eigenvalue weighted by Gasteiger charge is 2.26. The molecule has 0 radical (unpaired) electrons. The van der Waals surface area contributed by atoms with Crippen molar-refractivity contribution in [3.63, 3.8) is 0 Å². The maximum Gasteiger partial charge on any atom is 0.259 e. The van der Waals surface area contributed by atoms with Gasteiger partial charge in [0.15, 0.2) is 0 Å². The number of rotatable bonds is 10. The van der Waals surface area contributed by atoms with E-state index in [1.54, 1.807) is 41.3 Å². The summed E-state index contributed by atoms with van der Waals surface area (Å²) >= 11 is 0. The van der Waals surface area contributed by atoms with Gasteiger partial charge < -0.3 is 25.4 Å². The van der Waals surface area contributed by atoms with Crippen LogP contribution < -0.4 is 20.3 Å². The van der Waals surface area contributed by atoms with Crippen molar-refractivity contribution >= 4 is 23.2 Å². The summed E-state index contributed by atoms with van der Waals surface area (Å²) < 4.78 is 5.91. The fraction of sp³-hybridized carbons (Fsp3) is 0.355. The number of carbonyl (C=O) groups is 2. The van der Waals surface area contributed by atoms with Gasteiger partial charge in [0.2, 0.25) is 0 Å². The van der Waals surface area contributed by atoms with Gasteiger partial charge >= 0.3 is 0 Å². The quantitative estimate of drug-likeness (QED) is 0.307. The van der Waals surface area contributed by atoms with Gasteiger partial charge in [-0.1, -0.05) is 44.2 Å². The average molecular weight is 516 g/mol. The molecule has 7 heteroatoms. The molecular formula is C31H37N3O4. The van der Waals surface area contributed by atoms with Crippen LogP contribution in [0.25, 0.3) is 0 Å². The Morgan fingerprint density at radius 3 is 2.53 bits per heavy atom. The summed E-state index contributed by atoms with van der Waals surface area (Å²) in [5, 5.41) is 16.8. The van der Waals surface area contributed by atoms with E-state index >= 15 is 0 Å². The predicted molar refractivity (Wildman–Crippen MR) is 151 cm³/mol. The molecule has 0 spiro atoms. The van der Waals surface area contributed by atoms with Crippen molar-refractivity contribution < 1.29 is 19.4 Å². The molecule has 1 aliphatic rings. The van der Waals surface area contributed by atoms with Crippen molar-refractivity contribution in [1.82, 2.24) is 5.32 Å². The molecule has 0 saturated heterocycles. The van der Waals surface area contributed by atoms with Crippen LogP contribution in [0.15, 0.2) is 72.8 Å². The van der Waals surface area contributed by atoms with Gasteiger partial charge in [0, 0.05) is 35.1 Å². The van der Waals surface area contributed by atoms with Crippen molar-refractivity contribution in [2.24, 2.45) is 0 Å². The second-order valence-corrected chi connectivity index (χ2v) is 9.87. The number of para-hydroxylation sites is 2. The van der Waals surface area contributed by atoms with Gasteiger partial charge in [-0.05, 0) is 74.7 Å². The van der Waals surface area contributed by atoms with E-state index in [-0.39, 0.29) is 11.8 Å². The van der Waals surface area contributed by atoms with Crippen LogP contribution in [0.5, 0.6) is 5.75 Å². The first-order valence-corrected chi connectivity index (χ1v) is 13.4. The number of hydrogen-bond donors (Lipinski definition) is 3. The largest absolute Gasteiger partial charge is 0.493 e. The molecule has 2 amide bonds. The lowest BCUT2D eigenvalue weighted by Crippen LogP contribution is -2.31. The van der Waals surface area contributed by atoms with Crippen molar-refractivity contribution in [2.45, 2.75) is 51.7 Å². The summed E-state index contributed by atoms with van der Waals surface area (Å²) in [4.78, 5) is 28.1. The molecule has 200 valence electrons. The lowest BCUT2D eigenvalue weighted by atomic mass is 10.0. The first kappa shape index (κ1) is 27.4. The number of carbonyl (C=O) groups excluding carboxylic acids is 2. The average Bonchev–Trinajstić information content (AvgIpc) is 3.09. The number of fused-ring (bicyclic) bond motifs is 1. The number of ether oxygens (including phenoxy) is 1. The lowest BCUT2D eigenvalue weighted by Gasteiger charge is -2.23. The number of anilines is 2. The number of unbranched alkanes of at least 4 members (excludes halogenated alkanes) is 1. The van der Waals surface area contributed by atoms with Crippen LogP contribution in [0.2, 0.25) is 0 Å². The highest BCUT2D eigenvalue weighted by Crippen LogP contribution is 2.33. The molecule has 3 N–H and O–H groups in total. The standard InChI is InChI=1S/C31H37N3O4/c1-22(2)32-19-7-8-21-38-29-14-6-4-11-26(29)30(36)33-24-17-15-23(16-18-24)31(37)34-20-9-13-28(35)25-10-3-5-12-27(25)34/h3-6,10-12,14-18,22,28,32,35H,7-9,13,19-21H2,1-2H3,(H,33,36). The van der Waals surface area contributed by atoms with E-state index in [9.17, 15) is 14.7 Å². The number of amides is 2. The Hall–Kier alpha value is -3.68. The number of aliphatic hydroxyl groups is 1. The molecule has 1 heterocycles. The van der Waals surface area contributed by atoms with Gasteiger partial charge in [0.1, 0.15) is 5.75 Å². The van der Waals surface area contributed by atoms with E-state index in [0.717, 1.165) is 30.6 Å². The van der Waals surface area contributed by atoms with Gasteiger partial charge in [0.05, 0.1) is 18.3 Å². The third-order valence-electron chi connectivity index (χ3n) is 6.59. The van der Waals surface area contributed by atoms with E-state index in [4.69, 9.17) is 4.74 Å². The third kappa shape index (κ3) is 7.00. The van der Waals surface area contributed by atoms with Crippen LogP contribution >= 0.6 is 0 Å². The molecule has 0 aromatic heterocycles. The van der Waals surface area contributed by atoms with E-state index in [1.165, 1.54) is 0 Å². The van der Waals surface area contributed by atoms with Crippen molar-refractivity contribution in [1.29, 1.82) is 0 Å². The zero-order valence-electron chi connectivity index (χ0n) is 22.2. The second-order valence-electron chi connectivity index (χ2n) is 9.87. The number of hydrogen-bond acceptors (Lipinski definition) is 5. The summed E-state index contributed by atoms with van der Waals surface area (Å²) in [5.74, 6) is 0.152. The summed E-state index contributed by atoms with van der Waals surface area (Å²) in [7, 11) is 0. The molecule has 1 unspecified atom stereocenters. The van der Waals surface area contributed by atoms with Crippen LogP contribution in [-0.2, 0) is 0 Å². The highest BCUT2D eigenvalue weighted by atomic mass is 16.5. The molecule has 0 bridgehead atoms. The van der Waals surface area contributed by atoms with Crippen LogP contribution in [0.1, 0.15) is 71.9 Å². The smallest absolute Gasteiger partial charge is 0.259 e. The fourth-order valence-corrected chi connectivity index (χ4v) is 4.58. The van der Waals surface area contributed by atoms with E-state index < -0.39 is 6.10 Å². The maximum atomic E-state index is 13.4.